The Morgan fingerprint density at radius 3 is 3.07 bits per heavy atom. The van der Waals surface area contributed by atoms with Gasteiger partial charge in [-0.25, -0.2) is 0 Å². The standard InChI is InChI=1S/C9H10N4O/c1-2-4-7(9(10)14)12-8-5-3-6-11-13-8/h1,3,5-7H,4H2,(H2,10,14)(H,12,13). The van der Waals surface area contributed by atoms with Crippen molar-refractivity contribution in [1.82, 2.24) is 10.2 Å². The summed E-state index contributed by atoms with van der Waals surface area (Å²) in [5, 5.41) is 10.2. The van der Waals surface area contributed by atoms with Gasteiger partial charge in [-0.1, -0.05) is 0 Å². The van der Waals surface area contributed by atoms with Crippen LogP contribution in [0.3, 0.4) is 0 Å². The zero-order valence-corrected chi connectivity index (χ0v) is 7.47. The maximum atomic E-state index is 10.9. The van der Waals surface area contributed by atoms with Crippen molar-refractivity contribution in [2.24, 2.45) is 5.73 Å². The van der Waals surface area contributed by atoms with E-state index in [0.29, 0.717) is 5.82 Å². The molecule has 0 aliphatic rings. The van der Waals surface area contributed by atoms with Crippen LogP contribution in [0.4, 0.5) is 5.82 Å². The van der Waals surface area contributed by atoms with E-state index in [4.69, 9.17) is 12.2 Å². The number of carbonyl (C=O) groups is 1. The molecule has 1 heterocycles. The van der Waals surface area contributed by atoms with Gasteiger partial charge in [-0.05, 0) is 12.1 Å². The summed E-state index contributed by atoms with van der Waals surface area (Å²) in [4.78, 5) is 10.9. The van der Waals surface area contributed by atoms with Gasteiger partial charge in [0.1, 0.15) is 11.9 Å². The highest BCUT2D eigenvalue weighted by molar-refractivity contribution is 5.82. The lowest BCUT2D eigenvalue weighted by Crippen LogP contribution is -2.35. The number of nitrogens with zero attached hydrogens (tertiary/aromatic N) is 2. The number of primary amides is 1. The van der Waals surface area contributed by atoms with Crippen LogP contribution in [-0.4, -0.2) is 22.1 Å². The normalized spacial score (nSPS) is 11.4. The molecule has 1 amide bonds. The Labute approximate surface area is 81.7 Å². The highest BCUT2D eigenvalue weighted by Crippen LogP contribution is 2.03. The summed E-state index contributed by atoms with van der Waals surface area (Å²) >= 11 is 0. The number of aromatic nitrogens is 2. The van der Waals surface area contributed by atoms with Crippen LogP contribution in [0.5, 0.6) is 0 Å². The number of hydrogen-bond donors (Lipinski definition) is 2. The summed E-state index contributed by atoms with van der Waals surface area (Å²) in [6.45, 7) is 0. The summed E-state index contributed by atoms with van der Waals surface area (Å²) < 4.78 is 0. The fourth-order valence-electron chi connectivity index (χ4n) is 0.898. The van der Waals surface area contributed by atoms with Crippen LogP contribution in [0, 0.1) is 12.3 Å². The summed E-state index contributed by atoms with van der Waals surface area (Å²) in [5.74, 6) is 2.33. The fraction of sp³-hybridized carbons (Fsp3) is 0.222. The fourth-order valence-corrected chi connectivity index (χ4v) is 0.898. The minimum atomic E-state index is -0.600. The summed E-state index contributed by atoms with van der Waals surface area (Å²) in [6, 6.07) is 2.78. The van der Waals surface area contributed by atoms with E-state index in [2.05, 4.69) is 21.4 Å². The monoisotopic (exact) mass is 190 g/mol. The van der Waals surface area contributed by atoms with E-state index >= 15 is 0 Å². The van der Waals surface area contributed by atoms with Crippen LogP contribution in [-0.2, 0) is 4.79 Å². The Hall–Kier alpha value is -2.09. The summed E-state index contributed by atoms with van der Waals surface area (Å²) in [7, 11) is 0. The molecule has 0 radical (unpaired) electrons. The molecule has 5 heteroatoms. The van der Waals surface area contributed by atoms with Crippen LogP contribution >= 0.6 is 0 Å². The van der Waals surface area contributed by atoms with Gasteiger partial charge in [0.05, 0.1) is 0 Å². The van der Waals surface area contributed by atoms with Gasteiger partial charge in [-0.2, -0.15) is 5.10 Å². The van der Waals surface area contributed by atoms with Gasteiger partial charge in [0, 0.05) is 12.6 Å². The molecular formula is C9H10N4O. The molecule has 14 heavy (non-hydrogen) atoms. The lowest BCUT2D eigenvalue weighted by molar-refractivity contribution is -0.118. The van der Waals surface area contributed by atoms with E-state index in [1.165, 1.54) is 6.20 Å². The molecule has 0 spiro atoms. The van der Waals surface area contributed by atoms with Crippen molar-refractivity contribution in [2.45, 2.75) is 12.5 Å². The number of rotatable bonds is 4. The van der Waals surface area contributed by atoms with Gasteiger partial charge >= 0.3 is 0 Å². The second kappa shape index (κ2) is 4.82. The van der Waals surface area contributed by atoms with Gasteiger partial charge < -0.3 is 11.1 Å². The van der Waals surface area contributed by atoms with E-state index in [0.717, 1.165) is 0 Å². The van der Waals surface area contributed by atoms with E-state index < -0.39 is 11.9 Å². The molecule has 5 nitrogen and oxygen atoms in total. The molecule has 0 aliphatic heterocycles. The Bertz CT molecular complexity index is 344. The molecule has 0 fully saturated rings. The topological polar surface area (TPSA) is 80.9 Å². The third-order valence-corrected chi connectivity index (χ3v) is 1.56. The first-order valence-electron chi connectivity index (χ1n) is 4.01. The second-order valence-corrected chi connectivity index (χ2v) is 2.62. The number of amides is 1. The second-order valence-electron chi connectivity index (χ2n) is 2.62. The predicted octanol–water partition coefficient (Wildman–Crippen LogP) is -0.234. The number of nitrogens with two attached hydrogens (primary N) is 1. The van der Waals surface area contributed by atoms with Gasteiger partial charge in [-0.15, -0.1) is 17.4 Å². The summed E-state index contributed by atoms with van der Waals surface area (Å²) in [5.41, 5.74) is 5.13. The van der Waals surface area contributed by atoms with Crippen molar-refractivity contribution in [3.63, 3.8) is 0 Å². The Morgan fingerprint density at radius 1 is 1.79 bits per heavy atom. The third-order valence-electron chi connectivity index (χ3n) is 1.56. The van der Waals surface area contributed by atoms with Gasteiger partial charge in [0.2, 0.25) is 5.91 Å². The molecule has 3 N–H and O–H groups in total. The first-order valence-corrected chi connectivity index (χ1v) is 4.01. The van der Waals surface area contributed by atoms with Crippen molar-refractivity contribution >= 4 is 11.7 Å². The highest BCUT2D eigenvalue weighted by Gasteiger charge is 2.13. The van der Waals surface area contributed by atoms with Gasteiger partial charge in [0.15, 0.2) is 0 Å². The van der Waals surface area contributed by atoms with Crippen molar-refractivity contribution in [1.29, 1.82) is 0 Å². The average Bonchev–Trinajstić information content (AvgIpc) is 2.18. The molecular weight excluding hydrogens is 180 g/mol. The van der Waals surface area contributed by atoms with Crippen molar-refractivity contribution in [3.8, 4) is 12.3 Å². The molecule has 0 aromatic carbocycles. The highest BCUT2D eigenvalue weighted by atomic mass is 16.1. The van der Waals surface area contributed by atoms with Crippen LogP contribution in [0.15, 0.2) is 18.3 Å². The Morgan fingerprint density at radius 2 is 2.57 bits per heavy atom. The predicted molar refractivity (Wildman–Crippen MR) is 52.1 cm³/mol. The zero-order chi connectivity index (χ0) is 10.4. The lowest BCUT2D eigenvalue weighted by atomic mass is 10.2. The van der Waals surface area contributed by atoms with E-state index in [-0.39, 0.29) is 6.42 Å². The molecule has 1 aromatic heterocycles. The first-order chi connectivity index (χ1) is 6.74. The Kier molecular flexibility index (Phi) is 3.44. The summed E-state index contributed by atoms with van der Waals surface area (Å²) in [6.07, 6.45) is 6.85. The minimum Gasteiger partial charge on any atom is -0.368 e. The SMILES string of the molecule is C#CCC(Nc1cccnn1)C(N)=O. The maximum Gasteiger partial charge on any atom is 0.240 e. The molecule has 0 bridgehead atoms. The number of carbonyl (C=O) groups excluding carboxylic acids is 1. The van der Waals surface area contributed by atoms with Crippen molar-refractivity contribution in [2.75, 3.05) is 5.32 Å². The number of hydrogen-bond acceptors (Lipinski definition) is 4. The lowest BCUT2D eigenvalue weighted by Gasteiger charge is -2.11. The third kappa shape index (κ3) is 2.75. The zero-order valence-electron chi connectivity index (χ0n) is 7.47. The number of terminal acetylenes is 1. The van der Waals surface area contributed by atoms with Crippen molar-refractivity contribution in [3.05, 3.63) is 18.3 Å². The van der Waals surface area contributed by atoms with Crippen LogP contribution in [0.25, 0.3) is 0 Å². The minimum absolute atomic E-state index is 0.228. The Balaban J connectivity index is 2.66. The van der Waals surface area contributed by atoms with Crippen LogP contribution in [0.1, 0.15) is 6.42 Å². The maximum absolute atomic E-state index is 10.9. The van der Waals surface area contributed by atoms with E-state index in [9.17, 15) is 4.79 Å². The largest absolute Gasteiger partial charge is 0.368 e. The van der Waals surface area contributed by atoms with E-state index in [1.54, 1.807) is 12.1 Å². The van der Waals surface area contributed by atoms with E-state index in [1.807, 2.05) is 0 Å². The van der Waals surface area contributed by atoms with Gasteiger partial charge in [0.25, 0.3) is 0 Å². The number of nitrogens with one attached hydrogen (secondary N) is 1. The molecule has 1 atom stereocenters. The molecule has 1 aromatic rings. The quantitative estimate of drug-likeness (QED) is 0.642. The molecule has 1 rings (SSSR count). The first kappa shape index (κ1) is 9.99. The molecule has 0 aliphatic carbocycles. The molecule has 0 saturated carbocycles. The molecule has 1 unspecified atom stereocenters. The van der Waals surface area contributed by atoms with Gasteiger partial charge in [-0.3, -0.25) is 4.79 Å². The number of anilines is 1. The van der Waals surface area contributed by atoms with Crippen LogP contribution in [0.2, 0.25) is 0 Å². The van der Waals surface area contributed by atoms with Crippen molar-refractivity contribution < 1.29 is 4.79 Å². The molecule has 0 saturated heterocycles. The average molecular weight is 190 g/mol. The smallest absolute Gasteiger partial charge is 0.240 e. The molecule has 72 valence electrons. The van der Waals surface area contributed by atoms with Crippen LogP contribution < -0.4 is 11.1 Å².